The second-order valence-electron chi connectivity index (χ2n) is 3.56. The molecule has 0 fully saturated rings. The molecule has 1 aromatic rings. The molecule has 1 amide bonds. The Labute approximate surface area is 120 Å². The van der Waals surface area contributed by atoms with Crippen LogP contribution >= 0.6 is 39.1 Å². The van der Waals surface area contributed by atoms with Crippen LogP contribution in [0.15, 0.2) is 28.7 Å². The van der Waals surface area contributed by atoms with E-state index in [2.05, 4.69) is 15.9 Å². The molecule has 0 aliphatic heterocycles. The Kier molecular flexibility index (Phi) is 6.93. The number of carbonyl (C=O) groups excluding carboxylic acids is 1. The monoisotopic (exact) mass is 337 g/mol. The van der Waals surface area contributed by atoms with E-state index in [1.807, 2.05) is 24.3 Å². The summed E-state index contributed by atoms with van der Waals surface area (Å²) in [6.45, 7) is 1.09. The third-order valence-electron chi connectivity index (χ3n) is 2.33. The van der Waals surface area contributed by atoms with Gasteiger partial charge in [-0.05, 0) is 17.7 Å². The van der Waals surface area contributed by atoms with E-state index >= 15 is 0 Å². The highest BCUT2D eigenvalue weighted by Gasteiger charge is 2.12. The van der Waals surface area contributed by atoms with Gasteiger partial charge in [-0.15, -0.1) is 23.2 Å². The first kappa shape index (κ1) is 14.8. The predicted octanol–water partition coefficient (Wildman–Crippen LogP) is 3.30. The molecule has 0 aromatic heterocycles. The maximum absolute atomic E-state index is 12.0. The molecule has 2 nitrogen and oxygen atoms in total. The van der Waals surface area contributed by atoms with Crippen molar-refractivity contribution in [3.8, 4) is 0 Å². The molecule has 0 heterocycles. The number of alkyl halides is 2. The molecule has 0 spiro atoms. The van der Waals surface area contributed by atoms with E-state index in [9.17, 15) is 4.79 Å². The average molecular weight is 339 g/mol. The van der Waals surface area contributed by atoms with Gasteiger partial charge >= 0.3 is 0 Å². The van der Waals surface area contributed by atoms with Crippen molar-refractivity contribution >= 4 is 45.0 Å². The Morgan fingerprint density at radius 1 is 1.12 bits per heavy atom. The van der Waals surface area contributed by atoms with E-state index in [0.29, 0.717) is 31.3 Å². The van der Waals surface area contributed by atoms with Crippen LogP contribution in [0.1, 0.15) is 5.56 Å². The molecule has 0 saturated heterocycles. The van der Waals surface area contributed by atoms with Crippen molar-refractivity contribution in [1.82, 2.24) is 4.90 Å². The molecule has 0 radical (unpaired) electrons. The summed E-state index contributed by atoms with van der Waals surface area (Å²) in [6.07, 6.45) is 0.390. The van der Waals surface area contributed by atoms with Crippen LogP contribution in [0.3, 0.4) is 0 Å². The van der Waals surface area contributed by atoms with E-state index in [1.165, 1.54) is 0 Å². The summed E-state index contributed by atoms with van der Waals surface area (Å²) in [6, 6.07) is 7.72. The Morgan fingerprint density at radius 3 is 2.12 bits per heavy atom. The van der Waals surface area contributed by atoms with E-state index in [-0.39, 0.29) is 5.91 Å². The number of halogens is 3. The molecule has 1 rings (SSSR count). The first-order chi connectivity index (χ1) is 8.17. The van der Waals surface area contributed by atoms with E-state index in [0.717, 1.165) is 10.0 Å². The first-order valence-corrected chi connectivity index (χ1v) is 7.17. The summed E-state index contributed by atoms with van der Waals surface area (Å²) in [4.78, 5) is 13.7. The van der Waals surface area contributed by atoms with Gasteiger partial charge in [0.2, 0.25) is 5.91 Å². The lowest BCUT2D eigenvalue weighted by atomic mass is 10.1. The number of carbonyl (C=O) groups is 1. The Morgan fingerprint density at radius 2 is 1.65 bits per heavy atom. The van der Waals surface area contributed by atoms with Gasteiger partial charge in [-0.1, -0.05) is 28.1 Å². The minimum absolute atomic E-state index is 0.0635. The fraction of sp³-hybridized carbons (Fsp3) is 0.417. The fourth-order valence-electron chi connectivity index (χ4n) is 1.45. The van der Waals surface area contributed by atoms with E-state index < -0.39 is 0 Å². The van der Waals surface area contributed by atoms with Gasteiger partial charge in [0.25, 0.3) is 0 Å². The predicted molar refractivity (Wildman–Crippen MR) is 75.9 cm³/mol. The molecule has 0 aliphatic rings. The van der Waals surface area contributed by atoms with Gasteiger partial charge in [-0.2, -0.15) is 0 Å². The summed E-state index contributed by atoms with van der Waals surface area (Å²) >= 11 is 14.7. The van der Waals surface area contributed by atoms with E-state index in [1.54, 1.807) is 4.90 Å². The number of rotatable bonds is 6. The molecule has 5 heteroatoms. The number of hydrogen-bond acceptors (Lipinski definition) is 1. The van der Waals surface area contributed by atoms with Crippen molar-refractivity contribution in [2.24, 2.45) is 0 Å². The maximum atomic E-state index is 12.0. The van der Waals surface area contributed by atoms with Crippen molar-refractivity contribution in [2.45, 2.75) is 6.42 Å². The number of nitrogens with zero attached hydrogens (tertiary/aromatic N) is 1. The van der Waals surface area contributed by atoms with Gasteiger partial charge in [-0.3, -0.25) is 4.79 Å². The molecule has 0 bridgehead atoms. The van der Waals surface area contributed by atoms with Crippen molar-refractivity contribution in [2.75, 3.05) is 24.8 Å². The molecule has 17 heavy (non-hydrogen) atoms. The second-order valence-corrected chi connectivity index (χ2v) is 5.23. The normalized spacial score (nSPS) is 10.3. The highest BCUT2D eigenvalue weighted by Crippen LogP contribution is 2.11. The van der Waals surface area contributed by atoms with Crippen LogP contribution < -0.4 is 0 Å². The molecule has 0 saturated carbocycles. The minimum Gasteiger partial charge on any atom is -0.340 e. The van der Waals surface area contributed by atoms with Gasteiger partial charge in [0.05, 0.1) is 6.42 Å². The molecular formula is C12H14BrCl2NO. The highest BCUT2D eigenvalue weighted by molar-refractivity contribution is 9.10. The third-order valence-corrected chi connectivity index (χ3v) is 3.20. The molecule has 0 aliphatic carbocycles. The quantitative estimate of drug-likeness (QED) is 0.729. The Bertz CT molecular complexity index is 350. The molecule has 0 N–H and O–H groups in total. The summed E-state index contributed by atoms with van der Waals surface area (Å²) in [5.41, 5.74) is 0.993. The topological polar surface area (TPSA) is 20.3 Å². The fourth-order valence-corrected chi connectivity index (χ4v) is 2.13. The zero-order chi connectivity index (χ0) is 12.7. The Balaban J connectivity index is 2.59. The van der Waals surface area contributed by atoms with Crippen LogP contribution in [0.2, 0.25) is 0 Å². The standard InChI is InChI=1S/C12H14BrCl2NO/c13-11-3-1-10(2-4-11)9-12(17)16(7-5-14)8-6-15/h1-4H,5-9H2. The number of amides is 1. The summed E-state index contributed by atoms with van der Waals surface area (Å²) in [5, 5.41) is 0. The molecule has 0 unspecified atom stereocenters. The van der Waals surface area contributed by atoms with Crippen molar-refractivity contribution in [1.29, 1.82) is 0 Å². The SMILES string of the molecule is O=C(Cc1ccc(Br)cc1)N(CCCl)CCCl. The largest absolute Gasteiger partial charge is 0.340 e. The van der Waals surface area contributed by atoms with Crippen molar-refractivity contribution in [3.63, 3.8) is 0 Å². The maximum Gasteiger partial charge on any atom is 0.227 e. The molecular weight excluding hydrogens is 325 g/mol. The number of benzene rings is 1. The number of hydrogen-bond donors (Lipinski definition) is 0. The van der Waals surface area contributed by atoms with Crippen LogP contribution in [0.5, 0.6) is 0 Å². The molecule has 94 valence electrons. The van der Waals surface area contributed by atoms with Crippen LogP contribution in [0, 0.1) is 0 Å². The van der Waals surface area contributed by atoms with Crippen molar-refractivity contribution in [3.05, 3.63) is 34.3 Å². The average Bonchev–Trinajstić information content (AvgIpc) is 2.32. The van der Waals surface area contributed by atoms with Gasteiger partial charge in [0.15, 0.2) is 0 Å². The lowest BCUT2D eigenvalue weighted by Crippen LogP contribution is -2.35. The summed E-state index contributed by atoms with van der Waals surface area (Å²) in [5.74, 6) is 0.931. The third kappa shape index (κ3) is 5.28. The van der Waals surface area contributed by atoms with Crippen LogP contribution in [0.25, 0.3) is 0 Å². The lowest BCUT2D eigenvalue weighted by Gasteiger charge is -2.20. The van der Waals surface area contributed by atoms with Gasteiger partial charge < -0.3 is 4.90 Å². The van der Waals surface area contributed by atoms with Gasteiger partial charge in [0.1, 0.15) is 0 Å². The smallest absolute Gasteiger partial charge is 0.227 e. The lowest BCUT2D eigenvalue weighted by molar-refractivity contribution is -0.130. The zero-order valence-electron chi connectivity index (χ0n) is 9.33. The first-order valence-electron chi connectivity index (χ1n) is 5.31. The van der Waals surface area contributed by atoms with Crippen molar-refractivity contribution < 1.29 is 4.79 Å². The minimum atomic E-state index is 0.0635. The van der Waals surface area contributed by atoms with Crippen LogP contribution in [0.4, 0.5) is 0 Å². The zero-order valence-corrected chi connectivity index (χ0v) is 12.4. The van der Waals surface area contributed by atoms with Crippen LogP contribution in [-0.4, -0.2) is 35.7 Å². The van der Waals surface area contributed by atoms with E-state index in [4.69, 9.17) is 23.2 Å². The van der Waals surface area contributed by atoms with Crippen LogP contribution in [-0.2, 0) is 11.2 Å². The summed E-state index contributed by atoms with van der Waals surface area (Å²) < 4.78 is 1.01. The van der Waals surface area contributed by atoms with Gasteiger partial charge in [-0.25, -0.2) is 0 Å². The highest BCUT2D eigenvalue weighted by atomic mass is 79.9. The summed E-state index contributed by atoms with van der Waals surface area (Å²) in [7, 11) is 0. The Hall–Kier alpha value is -0.250. The molecule has 1 aromatic carbocycles. The second kappa shape index (κ2) is 7.96. The van der Waals surface area contributed by atoms with Gasteiger partial charge in [0, 0.05) is 29.3 Å². The molecule has 0 atom stereocenters.